The third-order valence-corrected chi connectivity index (χ3v) is 3.43. The third kappa shape index (κ3) is 2.99. The Morgan fingerprint density at radius 2 is 2.20 bits per heavy atom. The van der Waals surface area contributed by atoms with Crippen LogP contribution in [0.3, 0.4) is 0 Å². The molecule has 0 saturated carbocycles. The molecule has 2 aromatic rings. The zero-order valence-corrected chi connectivity index (χ0v) is 11.6. The van der Waals surface area contributed by atoms with Gasteiger partial charge < -0.3 is 9.72 Å². The fourth-order valence-corrected chi connectivity index (χ4v) is 2.32. The zero-order chi connectivity index (χ0) is 13.9. The molecule has 1 aliphatic rings. The first-order valence-electron chi connectivity index (χ1n) is 6.47. The maximum Gasteiger partial charge on any atom is 0.258 e. The second-order valence-corrected chi connectivity index (χ2v) is 5.04. The van der Waals surface area contributed by atoms with Crippen LogP contribution in [0.2, 0.25) is 5.02 Å². The first-order valence-corrected chi connectivity index (χ1v) is 6.85. The van der Waals surface area contributed by atoms with Gasteiger partial charge in [0.2, 0.25) is 0 Å². The predicted molar refractivity (Wildman–Crippen MR) is 76.6 cm³/mol. The number of benzene rings is 1. The van der Waals surface area contributed by atoms with Crippen LogP contribution in [0.25, 0.3) is 10.9 Å². The summed E-state index contributed by atoms with van der Waals surface area (Å²) in [5.41, 5.74) is 3.70. The maximum absolute atomic E-state index is 12.0. The summed E-state index contributed by atoms with van der Waals surface area (Å²) in [7, 11) is 0. The fraction of sp³-hybridized carbons (Fsp3) is 0.385. The number of nitrogens with zero attached hydrogens (tertiary/aromatic N) is 2. The normalized spacial score (nSPS) is 16.6. The summed E-state index contributed by atoms with van der Waals surface area (Å²) < 4.78 is 5.27. The highest BCUT2D eigenvalue weighted by Gasteiger charge is 2.10. The molecule has 0 unspecified atom stereocenters. The quantitative estimate of drug-likeness (QED) is 0.881. The Balaban J connectivity index is 1.79. The van der Waals surface area contributed by atoms with E-state index in [0.29, 0.717) is 41.5 Å². The summed E-state index contributed by atoms with van der Waals surface area (Å²) in [5.74, 6) is 0.594. The van der Waals surface area contributed by atoms with Crippen LogP contribution in [0, 0.1) is 0 Å². The number of H-pyrrole nitrogens is 1. The second kappa shape index (κ2) is 5.88. The standard InChI is InChI=1S/C13H15ClN4O2/c14-9-1-2-10-11(7-9)16-12(17-13(10)19)8-15-18-3-5-20-6-4-18/h1-2,7,15H,3-6,8H2,(H,16,17,19). The van der Waals surface area contributed by atoms with Crippen LogP contribution in [0.4, 0.5) is 0 Å². The monoisotopic (exact) mass is 294 g/mol. The first-order chi connectivity index (χ1) is 9.72. The van der Waals surface area contributed by atoms with E-state index in [1.807, 2.05) is 0 Å². The zero-order valence-electron chi connectivity index (χ0n) is 10.9. The molecule has 0 spiro atoms. The number of morpholine rings is 1. The highest BCUT2D eigenvalue weighted by molar-refractivity contribution is 6.31. The molecule has 20 heavy (non-hydrogen) atoms. The van der Waals surface area contributed by atoms with Crippen molar-refractivity contribution in [2.45, 2.75) is 6.54 Å². The van der Waals surface area contributed by atoms with Crippen LogP contribution in [-0.2, 0) is 11.3 Å². The van der Waals surface area contributed by atoms with Gasteiger partial charge in [-0.25, -0.2) is 15.4 Å². The third-order valence-electron chi connectivity index (χ3n) is 3.20. The minimum atomic E-state index is -0.148. The lowest BCUT2D eigenvalue weighted by Gasteiger charge is -2.26. The molecule has 0 bridgehead atoms. The smallest absolute Gasteiger partial charge is 0.258 e. The molecule has 2 heterocycles. The van der Waals surface area contributed by atoms with E-state index >= 15 is 0 Å². The van der Waals surface area contributed by atoms with Crippen LogP contribution in [0.5, 0.6) is 0 Å². The minimum Gasteiger partial charge on any atom is -0.379 e. The molecule has 2 N–H and O–H groups in total. The molecule has 1 fully saturated rings. The molecule has 0 aliphatic carbocycles. The fourth-order valence-electron chi connectivity index (χ4n) is 2.15. The Morgan fingerprint density at radius 1 is 1.40 bits per heavy atom. The van der Waals surface area contributed by atoms with Crippen molar-refractivity contribution in [3.05, 3.63) is 39.4 Å². The summed E-state index contributed by atoms with van der Waals surface area (Å²) >= 11 is 5.93. The SMILES string of the molecule is O=c1[nH]c(CNN2CCOCC2)nc2cc(Cl)ccc12. The number of aromatic amines is 1. The van der Waals surface area contributed by atoms with Crippen LogP contribution in [0.15, 0.2) is 23.0 Å². The molecule has 0 radical (unpaired) electrons. The first kappa shape index (κ1) is 13.5. The molecular formula is C13H15ClN4O2. The number of ether oxygens (including phenoxy) is 1. The van der Waals surface area contributed by atoms with Crippen LogP contribution in [0.1, 0.15) is 5.82 Å². The molecule has 1 aliphatic heterocycles. The van der Waals surface area contributed by atoms with E-state index in [1.54, 1.807) is 18.2 Å². The van der Waals surface area contributed by atoms with Gasteiger partial charge in [0.05, 0.1) is 30.7 Å². The summed E-state index contributed by atoms with van der Waals surface area (Å²) in [6.07, 6.45) is 0. The molecule has 1 aromatic heterocycles. The Bertz CT molecular complexity index is 667. The lowest BCUT2D eigenvalue weighted by molar-refractivity contribution is 0.0101. The molecule has 7 heteroatoms. The van der Waals surface area contributed by atoms with Gasteiger partial charge in [0.1, 0.15) is 5.82 Å². The van der Waals surface area contributed by atoms with Gasteiger partial charge in [-0.3, -0.25) is 4.79 Å². The topological polar surface area (TPSA) is 70.2 Å². The van der Waals surface area contributed by atoms with E-state index in [-0.39, 0.29) is 5.56 Å². The number of hydrazine groups is 1. The highest BCUT2D eigenvalue weighted by Crippen LogP contribution is 2.14. The molecule has 3 rings (SSSR count). The number of halogens is 1. The number of hydrogen-bond acceptors (Lipinski definition) is 5. The van der Waals surface area contributed by atoms with E-state index in [0.717, 1.165) is 13.1 Å². The van der Waals surface area contributed by atoms with E-state index < -0.39 is 0 Å². The Morgan fingerprint density at radius 3 is 3.00 bits per heavy atom. The second-order valence-electron chi connectivity index (χ2n) is 4.61. The van der Waals surface area contributed by atoms with Crippen LogP contribution >= 0.6 is 11.6 Å². The van der Waals surface area contributed by atoms with Gasteiger partial charge in [-0.05, 0) is 18.2 Å². The van der Waals surface area contributed by atoms with Crippen molar-refractivity contribution in [1.29, 1.82) is 0 Å². The van der Waals surface area contributed by atoms with Gasteiger partial charge in [-0.15, -0.1) is 0 Å². The van der Waals surface area contributed by atoms with E-state index in [9.17, 15) is 4.79 Å². The summed E-state index contributed by atoms with van der Waals surface area (Å²) in [4.78, 5) is 19.2. The number of rotatable bonds is 3. The van der Waals surface area contributed by atoms with Crippen molar-refractivity contribution in [3.8, 4) is 0 Å². The highest BCUT2D eigenvalue weighted by atomic mass is 35.5. The molecular weight excluding hydrogens is 280 g/mol. The van der Waals surface area contributed by atoms with E-state index in [1.165, 1.54) is 0 Å². The maximum atomic E-state index is 12.0. The Labute approximate surface area is 120 Å². The molecule has 106 valence electrons. The number of nitrogens with one attached hydrogen (secondary N) is 2. The summed E-state index contributed by atoms with van der Waals surface area (Å²) in [5, 5.41) is 3.18. The number of aromatic nitrogens is 2. The van der Waals surface area contributed by atoms with Crippen molar-refractivity contribution >= 4 is 22.5 Å². The summed E-state index contributed by atoms with van der Waals surface area (Å²) in [6.45, 7) is 3.54. The Hall–Kier alpha value is -1.47. The van der Waals surface area contributed by atoms with Gasteiger partial charge in [0, 0.05) is 18.1 Å². The number of hydrogen-bond donors (Lipinski definition) is 2. The average molecular weight is 295 g/mol. The van der Waals surface area contributed by atoms with Crippen LogP contribution < -0.4 is 11.0 Å². The summed E-state index contributed by atoms with van der Waals surface area (Å²) in [6, 6.07) is 5.07. The predicted octanol–water partition coefficient (Wildman–Crippen LogP) is 0.913. The lowest BCUT2D eigenvalue weighted by atomic mass is 10.2. The van der Waals surface area contributed by atoms with Crippen LogP contribution in [-0.4, -0.2) is 41.3 Å². The van der Waals surface area contributed by atoms with Gasteiger partial charge in [-0.1, -0.05) is 11.6 Å². The Kier molecular flexibility index (Phi) is 3.98. The van der Waals surface area contributed by atoms with Gasteiger partial charge in [0.25, 0.3) is 5.56 Å². The van der Waals surface area contributed by atoms with Crippen molar-refractivity contribution in [3.63, 3.8) is 0 Å². The van der Waals surface area contributed by atoms with E-state index in [2.05, 4.69) is 20.4 Å². The van der Waals surface area contributed by atoms with Crippen molar-refractivity contribution in [2.75, 3.05) is 26.3 Å². The van der Waals surface area contributed by atoms with Crippen molar-refractivity contribution < 1.29 is 4.74 Å². The van der Waals surface area contributed by atoms with Gasteiger partial charge >= 0.3 is 0 Å². The van der Waals surface area contributed by atoms with Gasteiger partial charge in [-0.2, -0.15) is 0 Å². The minimum absolute atomic E-state index is 0.148. The van der Waals surface area contributed by atoms with E-state index in [4.69, 9.17) is 16.3 Å². The van der Waals surface area contributed by atoms with Crippen molar-refractivity contribution in [2.24, 2.45) is 0 Å². The molecule has 6 nitrogen and oxygen atoms in total. The van der Waals surface area contributed by atoms with Crippen molar-refractivity contribution in [1.82, 2.24) is 20.4 Å². The average Bonchev–Trinajstić information content (AvgIpc) is 2.46. The molecule has 0 atom stereocenters. The van der Waals surface area contributed by atoms with Gasteiger partial charge in [0.15, 0.2) is 0 Å². The molecule has 0 amide bonds. The molecule has 1 aromatic carbocycles. The molecule has 1 saturated heterocycles. The number of fused-ring (bicyclic) bond motifs is 1. The lowest BCUT2D eigenvalue weighted by Crippen LogP contribution is -2.45. The largest absolute Gasteiger partial charge is 0.379 e.